The number of urea groups is 1. The van der Waals surface area contributed by atoms with Gasteiger partial charge >= 0.3 is 24.2 Å². The van der Waals surface area contributed by atoms with E-state index >= 15 is 0 Å². The second-order valence-electron chi connectivity index (χ2n) is 25.1. The number of hydrogen-bond acceptors (Lipinski definition) is 11. The van der Waals surface area contributed by atoms with E-state index in [-0.39, 0.29) is 47.3 Å². The zero-order valence-electron chi connectivity index (χ0n) is 50.6. The van der Waals surface area contributed by atoms with Gasteiger partial charge in [-0.15, -0.1) is 0 Å². The minimum absolute atomic E-state index is 0.0896. The molecule has 18 nitrogen and oxygen atoms in total. The Morgan fingerprint density at radius 2 is 1.22 bits per heavy atom. The number of pyridine rings is 1. The molecule has 0 bridgehead atoms. The van der Waals surface area contributed by atoms with Crippen LogP contribution in [0.2, 0.25) is 0 Å². The predicted molar refractivity (Wildman–Crippen MR) is 343 cm³/mol. The van der Waals surface area contributed by atoms with Gasteiger partial charge in [-0.2, -0.15) is 0 Å². The second-order valence-corrected chi connectivity index (χ2v) is 25.1. The van der Waals surface area contributed by atoms with Gasteiger partial charge in [-0.1, -0.05) is 133 Å². The van der Waals surface area contributed by atoms with E-state index in [9.17, 15) is 33.9 Å². The number of nitrogens with two attached hydrogens (primary N) is 1. The number of amides is 6. The predicted octanol–water partition coefficient (Wildman–Crippen LogP) is 11.9. The van der Waals surface area contributed by atoms with E-state index in [0.717, 1.165) is 70.7 Å². The third kappa shape index (κ3) is 14.2. The lowest BCUT2D eigenvalue weighted by Crippen LogP contribution is -2.48. The van der Waals surface area contributed by atoms with Crippen LogP contribution < -0.4 is 26.6 Å². The number of carboxylic acid groups (broad SMARTS) is 1. The maximum absolute atomic E-state index is 13.6. The first-order chi connectivity index (χ1) is 42.9. The highest BCUT2D eigenvalue weighted by molar-refractivity contribution is 6.06. The number of para-hydroxylation sites is 1. The zero-order chi connectivity index (χ0) is 62.3. The van der Waals surface area contributed by atoms with Crippen LogP contribution in [0, 0.1) is 10.8 Å². The van der Waals surface area contributed by atoms with Crippen LogP contribution in [0.3, 0.4) is 0 Å². The van der Waals surface area contributed by atoms with Crippen molar-refractivity contribution in [3.05, 3.63) is 198 Å². The molecule has 2 unspecified atom stereocenters. The Kier molecular flexibility index (Phi) is 18.0. The van der Waals surface area contributed by atoms with E-state index in [1.165, 1.54) is 4.90 Å². The molecule has 6 aromatic carbocycles. The first-order valence-corrected chi connectivity index (χ1v) is 30.7. The number of carbonyl (C=O) groups excluding carboxylic acids is 5. The zero-order valence-corrected chi connectivity index (χ0v) is 50.6. The number of anilines is 4. The van der Waals surface area contributed by atoms with Crippen LogP contribution in [0.5, 0.6) is 0 Å². The fourth-order valence-electron chi connectivity index (χ4n) is 13.3. The number of carboxylic acids is 1. The standard InChI is InChI=1S/C42H43N7O3.C29H34N2O6/c43-35-18-16-32(31-12-6-2-7-13-31)26-36(35)47-39(50)33-17-19-38(45-28-33)48-24-21-42(22-25-48)27-37(40(51)46-34-14-8-3-9-15-34)49(29-42)41(52)44-23-20-30-10-4-1-5-11-30;1-28(2,3)37-26(34)30-14-12-29(13-15-30)16-24(25(32)33)31(18-29)27(35)36-17-23-21-10-6-4-8-19(21)20-9-5-7-11-22(20)23/h1-19,26,28,37H,20-25,27,29,43H2,(H,44,52)(H,46,51)(H,47,50);4-11,23-24H,12-18H2,1-3H3,(H,32,33). The smallest absolute Gasteiger partial charge is 0.410 e. The summed E-state index contributed by atoms with van der Waals surface area (Å²) in [5, 5.41) is 19.0. The maximum atomic E-state index is 13.6. The highest BCUT2D eigenvalue weighted by atomic mass is 16.6. The number of nitrogen functional groups attached to an aromatic ring is 1. The van der Waals surface area contributed by atoms with Crippen molar-refractivity contribution in [1.82, 2.24) is 25.0 Å². The van der Waals surface area contributed by atoms with Crippen molar-refractivity contribution in [1.29, 1.82) is 0 Å². The Morgan fingerprint density at radius 3 is 1.84 bits per heavy atom. The molecule has 4 saturated heterocycles. The van der Waals surface area contributed by atoms with Crippen LogP contribution in [-0.4, -0.2) is 131 Å². The van der Waals surface area contributed by atoms with E-state index in [1.54, 1.807) is 28.1 Å². The molecule has 460 valence electrons. The Morgan fingerprint density at radius 1 is 0.640 bits per heavy atom. The van der Waals surface area contributed by atoms with E-state index in [0.29, 0.717) is 87.5 Å². The van der Waals surface area contributed by atoms with Gasteiger partial charge < -0.3 is 51.0 Å². The molecule has 0 radical (unpaired) electrons. The normalized spacial score (nSPS) is 18.1. The number of hydrogen-bond donors (Lipinski definition) is 5. The lowest BCUT2D eigenvalue weighted by Gasteiger charge is -2.39. The Bertz CT molecular complexity index is 3630. The molecule has 6 N–H and O–H groups in total. The molecule has 18 heteroatoms. The lowest BCUT2D eigenvalue weighted by atomic mass is 9.76. The minimum atomic E-state index is -1.03. The van der Waals surface area contributed by atoms with Crippen LogP contribution in [0.15, 0.2) is 176 Å². The van der Waals surface area contributed by atoms with Crippen LogP contribution in [0.1, 0.15) is 92.3 Å². The molecule has 6 amide bonds. The molecule has 12 rings (SSSR count). The van der Waals surface area contributed by atoms with Crippen molar-refractivity contribution < 1.29 is 43.3 Å². The molecule has 5 aliphatic rings. The van der Waals surface area contributed by atoms with Crippen LogP contribution in [0.25, 0.3) is 22.3 Å². The highest BCUT2D eigenvalue weighted by Crippen LogP contribution is 2.48. The van der Waals surface area contributed by atoms with Crippen molar-refractivity contribution in [3.63, 3.8) is 0 Å². The number of fused-ring (bicyclic) bond motifs is 3. The number of piperidine rings is 2. The number of nitrogens with one attached hydrogen (secondary N) is 3. The number of rotatable bonds is 12. The first kappa shape index (κ1) is 61.0. The molecular weight excluding hydrogens is 1120 g/mol. The van der Waals surface area contributed by atoms with Crippen molar-refractivity contribution in [2.75, 3.05) is 73.7 Å². The van der Waals surface area contributed by atoms with E-state index < -0.39 is 29.7 Å². The third-order valence-electron chi connectivity index (χ3n) is 18.1. The van der Waals surface area contributed by atoms with E-state index in [4.69, 9.17) is 15.2 Å². The van der Waals surface area contributed by atoms with Crippen molar-refractivity contribution in [3.8, 4) is 22.3 Å². The number of aliphatic carboxylic acids is 1. The number of ether oxygens (including phenoxy) is 2. The van der Waals surface area contributed by atoms with E-state index in [2.05, 4.69) is 50.1 Å². The summed E-state index contributed by atoms with van der Waals surface area (Å²) in [4.78, 5) is 89.9. The highest BCUT2D eigenvalue weighted by Gasteiger charge is 2.52. The summed E-state index contributed by atoms with van der Waals surface area (Å²) >= 11 is 0. The van der Waals surface area contributed by atoms with Gasteiger partial charge in [-0.25, -0.2) is 24.2 Å². The summed E-state index contributed by atoms with van der Waals surface area (Å²) in [6, 6.07) is 53.1. The molecule has 5 heterocycles. The molecule has 89 heavy (non-hydrogen) atoms. The number of aromatic nitrogens is 1. The molecule has 1 aliphatic carbocycles. The lowest BCUT2D eigenvalue weighted by molar-refractivity contribution is -0.141. The topological polar surface area (TPSA) is 229 Å². The average molecular weight is 1200 g/mol. The summed E-state index contributed by atoms with van der Waals surface area (Å²) in [5.74, 6) is -0.800. The van der Waals surface area contributed by atoms with Gasteiger partial charge in [0.05, 0.1) is 16.9 Å². The molecule has 2 spiro atoms. The van der Waals surface area contributed by atoms with Gasteiger partial charge in [-0.3, -0.25) is 14.5 Å². The van der Waals surface area contributed by atoms with Gasteiger partial charge in [0.15, 0.2) is 0 Å². The van der Waals surface area contributed by atoms with Gasteiger partial charge in [0.2, 0.25) is 5.91 Å². The summed E-state index contributed by atoms with van der Waals surface area (Å²) in [5.41, 5.74) is 14.9. The molecule has 1 aromatic heterocycles. The number of benzene rings is 6. The monoisotopic (exact) mass is 1200 g/mol. The molecule has 4 fully saturated rings. The van der Waals surface area contributed by atoms with Crippen molar-refractivity contribution in [2.24, 2.45) is 10.8 Å². The molecule has 4 aliphatic heterocycles. The molecular formula is C71H77N9O9. The molecule has 0 saturated carbocycles. The Balaban J connectivity index is 0.000000194. The fraction of sp³-hybridized carbons (Fsp3) is 0.338. The molecule has 7 aromatic rings. The summed E-state index contributed by atoms with van der Waals surface area (Å²) < 4.78 is 11.3. The Hall–Kier alpha value is -9.71. The van der Waals surface area contributed by atoms with Crippen molar-refractivity contribution >= 4 is 58.9 Å². The summed E-state index contributed by atoms with van der Waals surface area (Å²) in [6.07, 6.45) is 5.13. The first-order valence-electron chi connectivity index (χ1n) is 30.7. The maximum Gasteiger partial charge on any atom is 0.410 e. The fourth-order valence-corrected chi connectivity index (χ4v) is 13.3. The van der Waals surface area contributed by atoms with Gasteiger partial charge in [0, 0.05) is 63.6 Å². The second kappa shape index (κ2) is 26.3. The summed E-state index contributed by atoms with van der Waals surface area (Å²) in [6.45, 7) is 9.32. The van der Waals surface area contributed by atoms with Crippen LogP contribution >= 0.6 is 0 Å². The van der Waals surface area contributed by atoms with Crippen molar-refractivity contribution in [2.45, 2.75) is 89.3 Å². The number of likely N-dealkylation sites (tertiary alicyclic amines) is 3. The Labute approximate surface area is 519 Å². The third-order valence-corrected chi connectivity index (χ3v) is 18.1. The van der Waals surface area contributed by atoms with Gasteiger partial charge in [0.1, 0.15) is 30.1 Å². The van der Waals surface area contributed by atoms with Crippen LogP contribution in [-0.2, 0) is 25.5 Å². The number of nitrogens with zero attached hydrogens (tertiary/aromatic N) is 5. The largest absolute Gasteiger partial charge is 0.480 e. The molecule has 2 atom stereocenters. The quantitative estimate of drug-likeness (QED) is 0.0720. The van der Waals surface area contributed by atoms with Crippen LogP contribution in [0.4, 0.5) is 37.3 Å². The number of carbonyl (C=O) groups is 6. The SMILES string of the molecule is CC(C)(C)OC(=O)N1CCC2(CC1)CC(C(=O)O)N(C(=O)OCC1c3ccccc3-c3ccccc31)C2.Nc1ccc(-c2ccccc2)cc1NC(=O)c1ccc(N2CCC3(CC2)CC(C(=O)Nc2ccccc2)N(C(=O)NCCc2ccccc2)C3)nc1. The van der Waals surface area contributed by atoms with Gasteiger partial charge in [-0.05, 0) is 152 Å². The van der Waals surface area contributed by atoms with E-state index in [1.807, 2.05) is 154 Å². The van der Waals surface area contributed by atoms with Gasteiger partial charge in [0.25, 0.3) is 5.91 Å². The minimum Gasteiger partial charge on any atom is -0.480 e. The average Bonchev–Trinajstić information content (AvgIpc) is 2.60. The summed E-state index contributed by atoms with van der Waals surface area (Å²) in [7, 11) is 0.